The first kappa shape index (κ1) is 17.8. The second kappa shape index (κ2) is 7.81. The third-order valence-electron chi connectivity index (χ3n) is 4.28. The molecule has 0 atom stereocenters. The largest absolute Gasteiger partial charge is 0.406 e. The van der Waals surface area contributed by atoms with Crippen LogP contribution in [0.4, 0.5) is 13.2 Å². The molecule has 0 bridgehead atoms. The van der Waals surface area contributed by atoms with E-state index in [1.807, 2.05) is 23.1 Å². The predicted octanol–water partition coefficient (Wildman–Crippen LogP) is 2.96. The topological polar surface area (TPSA) is 23.6 Å². The highest BCUT2D eigenvalue weighted by atomic mass is 19.4. The number of hydrogen-bond acceptors (Lipinski definition) is 2. The Kier molecular flexibility index (Phi) is 6.04. The number of nitrogens with zero attached hydrogens (tertiary/aromatic N) is 2. The van der Waals surface area contributed by atoms with E-state index in [0.29, 0.717) is 5.92 Å². The molecule has 1 aliphatic rings. The number of alkyl halides is 3. The zero-order chi connectivity index (χ0) is 16.9. The first-order chi connectivity index (χ1) is 10.8. The van der Waals surface area contributed by atoms with E-state index in [1.54, 1.807) is 0 Å². The fourth-order valence-corrected chi connectivity index (χ4v) is 2.97. The summed E-state index contributed by atoms with van der Waals surface area (Å²) in [6, 6.07) is 10.3. The Morgan fingerprint density at radius 2 is 1.83 bits per heavy atom. The molecule has 0 aliphatic carbocycles. The molecule has 1 saturated heterocycles. The molecule has 3 nitrogen and oxygen atoms in total. The van der Waals surface area contributed by atoms with Crippen molar-refractivity contribution < 1.29 is 18.0 Å². The Morgan fingerprint density at radius 1 is 1.22 bits per heavy atom. The monoisotopic (exact) mass is 328 g/mol. The fraction of sp³-hybridized carbons (Fsp3) is 0.588. The van der Waals surface area contributed by atoms with Crippen LogP contribution >= 0.6 is 0 Å². The number of likely N-dealkylation sites (N-methyl/N-ethyl adjacent to an activating group) is 1. The van der Waals surface area contributed by atoms with E-state index in [1.165, 1.54) is 12.6 Å². The summed E-state index contributed by atoms with van der Waals surface area (Å²) in [6.45, 7) is 0.424. The number of halogens is 3. The third-order valence-corrected chi connectivity index (χ3v) is 4.28. The highest BCUT2D eigenvalue weighted by molar-refractivity contribution is 5.78. The van der Waals surface area contributed by atoms with E-state index < -0.39 is 18.6 Å². The first-order valence-electron chi connectivity index (χ1n) is 7.90. The highest BCUT2D eigenvalue weighted by Crippen LogP contribution is 2.22. The van der Waals surface area contributed by atoms with Crippen LogP contribution in [0.5, 0.6) is 0 Å². The van der Waals surface area contributed by atoms with Gasteiger partial charge in [0.05, 0.1) is 6.54 Å². The maximum atomic E-state index is 12.3. The summed E-state index contributed by atoms with van der Waals surface area (Å²) in [5.41, 5.74) is 1.31. The number of piperidine rings is 1. The SMILES string of the molecule is CN(CC(F)(F)F)C(=O)CN1CCC(Cc2ccccc2)CC1. The summed E-state index contributed by atoms with van der Waals surface area (Å²) in [6.07, 6.45) is -1.36. The Morgan fingerprint density at radius 3 is 2.39 bits per heavy atom. The predicted molar refractivity (Wildman–Crippen MR) is 83.0 cm³/mol. The Balaban J connectivity index is 1.73. The molecule has 0 spiro atoms. The summed E-state index contributed by atoms with van der Waals surface area (Å²) in [7, 11) is 1.21. The number of hydrogen-bond donors (Lipinski definition) is 0. The molecular weight excluding hydrogens is 305 g/mol. The lowest BCUT2D eigenvalue weighted by Gasteiger charge is -2.32. The molecule has 23 heavy (non-hydrogen) atoms. The van der Waals surface area contributed by atoms with Crippen molar-refractivity contribution in [2.45, 2.75) is 25.4 Å². The second-order valence-electron chi connectivity index (χ2n) is 6.27. The van der Waals surface area contributed by atoms with Gasteiger partial charge in [0.2, 0.25) is 5.91 Å². The zero-order valence-corrected chi connectivity index (χ0v) is 13.4. The number of carbonyl (C=O) groups excluding carboxylic acids is 1. The van der Waals surface area contributed by atoms with E-state index in [0.717, 1.165) is 37.3 Å². The number of amides is 1. The van der Waals surface area contributed by atoms with Gasteiger partial charge in [0.1, 0.15) is 6.54 Å². The van der Waals surface area contributed by atoms with Gasteiger partial charge in [-0.05, 0) is 43.8 Å². The molecule has 0 radical (unpaired) electrons. The second-order valence-corrected chi connectivity index (χ2v) is 6.27. The van der Waals surface area contributed by atoms with Crippen molar-refractivity contribution in [2.75, 3.05) is 33.2 Å². The van der Waals surface area contributed by atoms with Crippen LogP contribution in [-0.2, 0) is 11.2 Å². The van der Waals surface area contributed by atoms with Crippen LogP contribution in [0.3, 0.4) is 0 Å². The maximum absolute atomic E-state index is 12.3. The smallest absolute Gasteiger partial charge is 0.336 e. The van der Waals surface area contributed by atoms with E-state index in [2.05, 4.69) is 12.1 Å². The number of carbonyl (C=O) groups is 1. The van der Waals surface area contributed by atoms with Gasteiger partial charge in [-0.2, -0.15) is 13.2 Å². The molecule has 1 aromatic rings. The standard InChI is InChI=1S/C17H23F3N2O/c1-21(13-17(18,19)20)16(23)12-22-9-7-15(8-10-22)11-14-5-3-2-4-6-14/h2-6,15H,7-13H2,1H3. The summed E-state index contributed by atoms with van der Waals surface area (Å²) < 4.78 is 36.9. The molecule has 6 heteroatoms. The molecule has 0 aromatic heterocycles. The van der Waals surface area contributed by atoms with Crippen LogP contribution < -0.4 is 0 Å². The first-order valence-corrected chi connectivity index (χ1v) is 7.90. The minimum atomic E-state index is -4.34. The van der Waals surface area contributed by atoms with Gasteiger partial charge in [-0.1, -0.05) is 30.3 Å². The highest BCUT2D eigenvalue weighted by Gasteiger charge is 2.32. The van der Waals surface area contributed by atoms with Gasteiger partial charge in [-0.3, -0.25) is 9.69 Å². The number of rotatable bonds is 5. The van der Waals surface area contributed by atoms with Crippen LogP contribution in [0.25, 0.3) is 0 Å². The number of benzene rings is 1. The molecule has 128 valence electrons. The van der Waals surface area contributed by atoms with Crippen LogP contribution in [0.1, 0.15) is 18.4 Å². The van der Waals surface area contributed by atoms with E-state index in [-0.39, 0.29) is 6.54 Å². The van der Waals surface area contributed by atoms with Gasteiger partial charge in [-0.25, -0.2) is 0 Å². The van der Waals surface area contributed by atoms with Crippen molar-refractivity contribution in [3.8, 4) is 0 Å². The summed E-state index contributed by atoms with van der Waals surface area (Å²) in [4.78, 5) is 14.6. The summed E-state index contributed by atoms with van der Waals surface area (Å²) >= 11 is 0. The van der Waals surface area contributed by atoms with Crippen LogP contribution in [0, 0.1) is 5.92 Å². The molecule has 1 heterocycles. The van der Waals surface area contributed by atoms with Crippen molar-refractivity contribution in [2.24, 2.45) is 5.92 Å². The summed E-state index contributed by atoms with van der Waals surface area (Å²) in [5.74, 6) is 0.112. The van der Waals surface area contributed by atoms with Gasteiger partial charge in [0, 0.05) is 7.05 Å². The van der Waals surface area contributed by atoms with Crippen LogP contribution in [-0.4, -0.2) is 55.1 Å². The van der Waals surface area contributed by atoms with Gasteiger partial charge in [0.15, 0.2) is 0 Å². The molecule has 0 unspecified atom stereocenters. The molecule has 0 saturated carbocycles. The van der Waals surface area contributed by atoms with Crippen LogP contribution in [0.15, 0.2) is 30.3 Å². The minimum absolute atomic E-state index is 0.0740. The molecule has 1 aliphatic heterocycles. The molecule has 1 amide bonds. The normalized spacial score (nSPS) is 17.2. The molecular formula is C17H23F3N2O. The van der Waals surface area contributed by atoms with Crippen molar-refractivity contribution in [1.29, 1.82) is 0 Å². The van der Waals surface area contributed by atoms with E-state index in [4.69, 9.17) is 0 Å². The van der Waals surface area contributed by atoms with Crippen molar-refractivity contribution in [3.05, 3.63) is 35.9 Å². The summed E-state index contributed by atoms with van der Waals surface area (Å²) in [5, 5.41) is 0. The Bertz CT molecular complexity index is 496. The van der Waals surface area contributed by atoms with E-state index in [9.17, 15) is 18.0 Å². The maximum Gasteiger partial charge on any atom is 0.406 e. The van der Waals surface area contributed by atoms with Gasteiger partial charge in [0.25, 0.3) is 0 Å². The molecule has 0 N–H and O–H groups in total. The van der Waals surface area contributed by atoms with Crippen molar-refractivity contribution in [3.63, 3.8) is 0 Å². The van der Waals surface area contributed by atoms with Gasteiger partial charge in [-0.15, -0.1) is 0 Å². The fourth-order valence-electron chi connectivity index (χ4n) is 2.97. The minimum Gasteiger partial charge on any atom is -0.336 e. The lowest BCUT2D eigenvalue weighted by Crippen LogP contribution is -2.44. The molecule has 1 fully saturated rings. The molecule has 2 rings (SSSR count). The number of likely N-dealkylation sites (tertiary alicyclic amines) is 1. The van der Waals surface area contributed by atoms with Crippen molar-refractivity contribution in [1.82, 2.24) is 9.80 Å². The quantitative estimate of drug-likeness (QED) is 0.830. The van der Waals surface area contributed by atoms with E-state index >= 15 is 0 Å². The third kappa shape index (κ3) is 6.22. The Hall–Kier alpha value is -1.56. The average Bonchev–Trinajstić information content (AvgIpc) is 2.48. The van der Waals surface area contributed by atoms with Gasteiger partial charge >= 0.3 is 6.18 Å². The van der Waals surface area contributed by atoms with Crippen molar-refractivity contribution >= 4 is 5.91 Å². The average molecular weight is 328 g/mol. The molecule has 1 aromatic carbocycles. The lowest BCUT2D eigenvalue weighted by atomic mass is 9.90. The van der Waals surface area contributed by atoms with Crippen LogP contribution in [0.2, 0.25) is 0 Å². The lowest BCUT2D eigenvalue weighted by molar-refractivity contribution is -0.159. The van der Waals surface area contributed by atoms with Gasteiger partial charge < -0.3 is 4.90 Å². The zero-order valence-electron chi connectivity index (χ0n) is 13.4. The Labute approximate surface area is 135 Å².